The molecule has 0 spiro atoms. The molecule has 4 aromatic carbocycles. The Kier molecular flexibility index (Phi) is 32.8. The summed E-state index contributed by atoms with van der Waals surface area (Å²) < 4.78 is 43.1. The Morgan fingerprint density at radius 3 is 1.34 bits per heavy atom. The minimum atomic E-state index is -1.65. The van der Waals surface area contributed by atoms with Gasteiger partial charge in [-0.1, -0.05) is 12.1 Å². The zero-order valence-electron chi connectivity index (χ0n) is 50.6. The van der Waals surface area contributed by atoms with Crippen LogP contribution in [0.4, 0.5) is 11.4 Å². The van der Waals surface area contributed by atoms with Crippen LogP contribution in [-0.2, 0) is 78.2 Å². The first-order chi connectivity index (χ1) is 44.8. The maximum absolute atomic E-state index is 13.2. The monoisotopic (exact) mass is 1320 g/mol. The minimum Gasteiger partial charge on any atom is -0.484 e. The number of nitrogens with zero attached hydrogens (tertiary/aromatic N) is 2. The second kappa shape index (κ2) is 40.8. The van der Waals surface area contributed by atoms with Crippen LogP contribution >= 0.6 is 0 Å². The van der Waals surface area contributed by atoms with Gasteiger partial charge >= 0.3 is 41.8 Å². The number of Topliss-reactive ketones (excluding diaryl/α,β-unsaturated/α-hetero) is 2. The summed E-state index contributed by atoms with van der Waals surface area (Å²) in [4.78, 5) is 157. The zero-order valence-corrected chi connectivity index (χ0v) is 50.6. The lowest BCUT2D eigenvalue weighted by molar-refractivity contribution is -0.150. The van der Waals surface area contributed by atoms with E-state index in [1.54, 1.807) is 0 Å². The molecule has 0 unspecified atom stereocenters. The van der Waals surface area contributed by atoms with Gasteiger partial charge in [-0.25, -0.2) is 19.6 Å². The number of benzene rings is 4. The molecular weight excluding hydrogens is 1240 g/mol. The standard InChI is InChI=1S/C61H73N9O24/c62-60(63)67-41-9-5-37(6-10-41)58(85)93-44-13-3-36(4-14-44)34-92-55(82)31-40(30-52(76)77)57(84)70-46(32-53(78)79)48(71)2-1-20-87-22-24-89-26-27-90-25-23-88-21-19-66-56(83)39(29-51(74)75)28-49(72)47(33-54(80)81)69-50(73)35-91-43-15-17-45(18-16-43)94-59(86)38-7-11-42(12-8-38)68-61(64)65/h3-18,39-40,46-47H,1-2,19-35H2,(H,66,83)(H,69,73)(H,70,84)(H,74,75)(H,76,77)(H,78,79)(H,80,81)(H4,62,63,67)(H4,64,65,68)/t39-,40+,46-,47-/m0/s1. The quantitative estimate of drug-likeness (QED) is 0.00968. The number of nitrogens with two attached hydrogens (primary N) is 4. The van der Waals surface area contributed by atoms with Crippen LogP contribution in [0.25, 0.3) is 0 Å². The number of nitrogens with one attached hydrogen (secondary N) is 3. The zero-order chi connectivity index (χ0) is 69.0. The van der Waals surface area contributed by atoms with Crippen molar-refractivity contribution in [3.05, 3.63) is 114 Å². The number of rotatable bonds is 45. The number of carboxylic acids is 4. The molecule has 33 heteroatoms. The van der Waals surface area contributed by atoms with Crippen molar-refractivity contribution < 1.29 is 116 Å². The van der Waals surface area contributed by atoms with Gasteiger partial charge in [0, 0.05) is 26.0 Å². The highest BCUT2D eigenvalue weighted by molar-refractivity contribution is 5.97. The fourth-order valence-corrected chi connectivity index (χ4v) is 8.17. The largest absolute Gasteiger partial charge is 0.484 e. The summed E-state index contributed by atoms with van der Waals surface area (Å²) in [6.45, 7) is -0.362. The Morgan fingerprint density at radius 1 is 0.447 bits per heavy atom. The van der Waals surface area contributed by atoms with Gasteiger partial charge in [-0.3, -0.25) is 47.9 Å². The number of carbonyl (C=O) groups excluding carboxylic acids is 8. The topological polar surface area (TPSA) is 524 Å². The number of ketones is 2. The molecule has 0 radical (unpaired) electrons. The number of hydrogen-bond donors (Lipinski definition) is 11. The molecule has 0 fully saturated rings. The highest BCUT2D eigenvalue weighted by atomic mass is 16.6. The highest BCUT2D eigenvalue weighted by Crippen LogP contribution is 2.22. The maximum Gasteiger partial charge on any atom is 0.343 e. The van der Waals surface area contributed by atoms with E-state index in [4.69, 9.17) is 60.8 Å². The van der Waals surface area contributed by atoms with E-state index < -0.39 is 140 Å². The summed E-state index contributed by atoms with van der Waals surface area (Å²) in [7, 11) is 0. The van der Waals surface area contributed by atoms with E-state index in [2.05, 4.69) is 25.9 Å². The summed E-state index contributed by atoms with van der Waals surface area (Å²) in [5.74, 6) is -15.4. The Morgan fingerprint density at radius 2 is 0.872 bits per heavy atom. The van der Waals surface area contributed by atoms with Crippen LogP contribution in [0.2, 0.25) is 0 Å². The summed E-state index contributed by atoms with van der Waals surface area (Å²) in [6.07, 6.45) is -4.91. The third-order valence-corrected chi connectivity index (χ3v) is 12.7. The summed E-state index contributed by atoms with van der Waals surface area (Å²) in [5.41, 5.74) is 23.1. The summed E-state index contributed by atoms with van der Waals surface area (Å²) in [5, 5.41) is 44.8. The molecule has 506 valence electrons. The number of hydrogen-bond acceptors (Lipinski definition) is 22. The van der Waals surface area contributed by atoms with E-state index >= 15 is 0 Å². The molecular formula is C61H73N9O24. The maximum atomic E-state index is 13.2. The number of carboxylic acid groups (broad SMARTS) is 4. The van der Waals surface area contributed by atoms with Crippen molar-refractivity contribution in [3.63, 3.8) is 0 Å². The van der Waals surface area contributed by atoms with Gasteiger partial charge in [0.1, 0.15) is 23.9 Å². The first-order valence-electron chi connectivity index (χ1n) is 28.8. The smallest absolute Gasteiger partial charge is 0.343 e. The van der Waals surface area contributed by atoms with E-state index in [1.165, 1.54) is 97.1 Å². The lowest BCUT2D eigenvalue weighted by Gasteiger charge is -2.20. The van der Waals surface area contributed by atoms with Gasteiger partial charge in [0.25, 0.3) is 5.91 Å². The molecule has 0 aliphatic heterocycles. The van der Waals surface area contributed by atoms with Crippen molar-refractivity contribution in [2.45, 2.75) is 70.1 Å². The molecule has 3 amide bonds. The number of carbonyl (C=O) groups is 12. The first-order valence-corrected chi connectivity index (χ1v) is 28.8. The van der Waals surface area contributed by atoms with Gasteiger partial charge in [0.15, 0.2) is 30.1 Å². The van der Waals surface area contributed by atoms with Crippen LogP contribution in [-0.4, -0.2) is 182 Å². The van der Waals surface area contributed by atoms with Crippen molar-refractivity contribution in [2.75, 3.05) is 66.0 Å². The minimum absolute atomic E-state index is 0.0428. The number of aliphatic carboxylic acids is 4. The molecule has 33 nitrogen and oxygen atoms in total. The lowest BCUT2D eigenvalue weighted by atomic mass is 9.93. The van der Waals surface area contributed by atoms with E-state index in [0.717, 1.165) is 0 Å². The van der Waals surface area contributed by atoms with Crippen LogP contribution in [0, 0.1) is 11.8 Å². The first kappa shape index (κ1) is 75.6. The number of guanidine groups is 2. The van der Waals surface area contributed by atoms with Crippen LogP contribution in [0.5, 0.6) is 17.2 Å². The molecule has 0 saturated heterocycles. The van der Waals surface area contributed by atoms with Gasteiger partial charge in [0.2, 0.25) is 11.8 Å². The van der Waals surface area contributed by atoms with Gasteiger partial charge in [-0.05, 0) is 96.9 Å². The van der Waals surface area contributed by atoms with Crippen molar-refractivity contribution in [1.82, 2.24) is 16.0 Å². The van der Waals surface area contributed by atoms with Crippen LogP contribution in [0.1, 0.15) is 77.6 Å². The molecule has 15 N–H and O–H groups in total. The normalized spacial score (nSPS) is 12.0. The third kappa shape index (κ3) is 30.7. The Labute approximate surface area is 536 Å². The second-order valence-electron chi connectivity index (χ2n) is 20.2. The van der Waals surface area contributed by atoms with Crippen LogP contribution in [0.3, 0.4) is 0 Å². The van der Waals surface area contributed by atoms with Gasteiger partial charge < -0.3 is 97.2 Å². The highest BCUT2D eigenvalue weighted by Gasteiger charge is 2.32. The number of aliphatic imine (C=N–C) groups is 2. The Balaban J connectivity index is 1.06. The predicted octanol–water partition coefficient (Wildman–Crippen LogP) is 1.04. The molecule has 94 heavy (non-hydrogen) atoms. The Bertz CT molecular complexity index is 3070. The van der Waals surface area contributed by atoms with E-state index in [1.807, 2.05) is 0 Å². The predicted molar refractivity (Wildman–Crippen MR) is 327 cm³/mol. The molecule has 0 bridgehead atoms. The molecule has 4 rings (SSSR count). The molecule has 4 aromatic rings. The molecule has 0 aliphatic carbocycles. The van der Waals surface area contributed by atoms with Crippen molar-refractivity contribution in [1.29, 1.82) is 0 Å². The van der Waals surface area contributed by atoms with E-state index in [-0.39, 0.29) is 119 Å². The van der Waals surface area contributed by atoms with E-state index in [9.17, 15) is 78.0 Å². The average molecular weight is 1320 g/mol. The van der Waals surface area contributed by atoms with Gasteiger partial charge in [0.05, 0.1) is 125 Å². The van der Waals surface area contributed by atoms with Gasteiger partial charge in [-0.15, -0.1) is 0 Å². The van der Waals surface area contributed by atoms with Gasteiger partial charge in [-0.2, -0.15) is 0 Å². The molecule has 0 saturated carbocycles. The van der Waals surface area contributed by atoms with E-state index in [0.29, 0.717) is 16.9 Å². The van der Waals surface area contributed by atoms with Crippen LogP contribution < -0.4 is 53.1 Å². The fourth-order valence-electron chi connectivity index (χ4n) is 8.17. The number of amides is 3. The number of esters is 3. The second-order valence-corrected chi connectivity index (χ2v) is 20.2. The van der Waals surface area contributed by atoms with Crippen LogP contribution in [0.15, 0.2) is 107 Å². The molecule has 0 aliphatic rings. The molecule has 4 atom stereocenters. The molecule has 0 aromatic heterocycles. The molecule has 0 heterocycles. The number of ether oxygens (including phenoxy) is 8. The summed E-state index contributed by atoms with van der Waals surface area (Å²) >= 11 is 0. The summed E-state index contributed by atoms with van der Waals surface area (Å²) in [6, 6.07) is 20.1. The van der Waals surface area contributed by atoms with Crippen molar-refractivity contribution >= 4 is 94.4 Å². The van der Waals surface area contributed by atoms with Crippen molar-refractivity contribution in [2.24, 2.45) is 44.8 Å². The average Bonchev–Trinajstić information content (AvgIpc) is 1.32. The lowest BCUT2D eigenvalue weighted by Crippen LogP contribution is -2.46. The Hall–Kier alpha value is -10.9. The fraction of sp³-hybridized carbons (Fsp3) is 0.377. The third-order valence-electron chi connectivity index (χ3n) is 12.7. The SMILES string of the molecule is NC(N)=Nc1ccc(C(=O)Oc2ccc(COC(=O)C[C@@H](CC(=O)O)C(=O)N[C@@H](CC(=O)O)C(=O)CCCOCCOCCOCCOCCNC(=O)[C@H](CC(=O)O)CC(=O)[C@H](CC(=O)O)NC(=O)COc3ccc(OC(=O)c4ccc(N=C(N)N)cc4)cc3)cc2)cc1. The van der Waals surface area contributed by atoms with Crippen molar-refractivity contribution in [3.8, 4) is 17.2 Å².